The number of hydrogen-bond donors (Lipinski definition) is 0. The first-order chi connectivity index (χ1) is 15.9. The summed E-state index contributed by atoms with van der Waals surface area (Å²) in [7, 11) is 0. The molecule has 1 saturated heterocycles. The van der Waals surface area contributed by atoms with Gasteiger partial charge in [-0.3, -0.25) is 14.6 Å². The Morgan fingerprint density at radius 1 is 1.09 bits per heavy atom. The van der Waals surface area contributed by atoms with Crippen molar-refractivity contribution in [1.82, 2.24) is 9.88 Å². The first kappa shape index (κ1) is 21.6. The highest BCUT2D eigenvalue weighted by Gasteiger charge is 2.33. The molecule has 170 valence electrons. The zero-order chi connectivity index (χ0) is 23.1. The summed E-state index contributed by atoms with van der Waals surface area (Å²) in [5.41, 5.74) is 5.06. The van der Waals surface area contributed by atoms with Gasteiger partial charge in [0, 0.05) is 48.8 Å². The molecule has 5 rings (SSSR count). The second-order valence-electron chi connectivity index (χ2n) is 9.15. The third-order valence-electron chi connectivity index (χ3n) is 6.78. The van der Waals surface area contributed by atoms with Crippen LogP contribution in [0.15, 0.2) is 40.8 Å². The van der Waals surface area contributed by atoms with Gasteiger partial charge in [-0.05, 0) is 68.5 Å². The Labute approximate surface area is 192 Å². The molecule has 1 atom stereocenters. The Morgan fingerprint density at radius 2 is 1.88 bits per heavy atom. The lowest BCUT2D eigenvalue weighted by Gasteiger charge is -2.32. The van der Waals surface area contributed by atoms with E-state index in [1.165, 1.54) is 12.1 Å². The van der Waals surface area contributed by atoms with Crippen molar-refractivity contribution < 1.29 is 18.4 Å². The van der Waals surface area contributed by atoms with Crippen molar-refractivity contribution in [2.75, 3.05) is 13.1 Å². The van der Waals surface area contributed by atoms with Crippen LogP contribution in [-0.4, -0.2) is 34.7 Å². The molecule has 0 radical (unpaired) electrons. The molecule has 1 fully saturated rings. The van der Waals surface area contributed by atoms with Crippen LogP contribution in [0.5, 0.6) is 0 Å². The molecule has 33 heavy (non-hydrogen) atoms. The zero-order valence-corrected chi connectivity index (χ0v) is 19.0. The molecule has 2 aromatic heterocycles. The number of halogens is 1. The van der Waals surface area contributed by atoms with Crippen molar-refractivity contribution in [3.05, 3.63) is 76.3 Å². The average molecular weight is 447 g/mol. The van der Waals surface area contributed by atoms with Crippen molar-refractivity contribution in [2.24, 2.45) is 0 Å². The van der Waals surface area contributed by atoms with Gasteiger partial charge < -0.3 is 9.32 Å². The first-order valence-corrected chi connectivity index (χ1v) is 11.6. The summed E-state index contributed by atoms with van der Waals surface area (Å²) in [4.78, 5) is 32.3. The fourth-order valence-electron chi connectivity index (χ4n) is 5.11. The summed E-state index contributed by atoms with van der Waals surface area (Å²) in [6.45, 7) is 4.98. The highest BCUT2D eigenvalue weighted by molar-refractivity contribution is 6.03. The van der Waals surface area contributed by atoms with Gasteiger partial charge in [0.2, 0.25) is 0 Å². The number of fused-ring (bicyclic) bond motifs is 1. The number of aromatic nitrogens is 1. The predicted octanol–water partition coefficient (Wildman–Crippen LogP) is 5.64. The van der Waals surface area contributed by atoms with E-state index in [0.29, 0.717) is 48.6 Å². The smallest absolute Gasteiger partial charge is 0.289 e. The number of carbonyl (C=O) groups excluding carboxylic acids is 2. The van der Waals surface area contributed by atoms with Crippen molar-refractivity contribution >= 4 is 11.7 Å². The molecule has 1 aromatic carbocycles. The Balaban J connectivity index is 1.40. The van der Waals surface area contributed by atoms with Crippen LogP contribution < -0.4 is 0 Å². The van der Waals surface area contributed by atoms with Crippen LogP contribution in [0.3, 0.4) is 0 Å². The normalized spacial score (nSPS) is 18.3. The molecule has 1 aliphatic heterocycles. The van der Waals surface area contributed by atoms with Gasteiger partial charge in [-0.25, -0.2) is 4.39 Å². The fourth-order valence-corrected chi connectivity index (χ4v) is 5.11. The molecule has 1 amide bonds. The molecule has 3 aromatic rings. The highest BCUT2D eigenvalue weighted by atomic mass is 19.1. The SMILES string of the molecule is Cc1cc(-c2ccc(F)cc2)cc([C@@H]2CCCN(C(=O)c3oc4c(c3C)C(=O)CCC4)C2)n1. The van der Waals surface area contributed by atoms with Crippen LogP contribution in [-0.2, 0) is 6.42 Å². The summed E-state index contributed by atoms with van der Waals surface area (Å²) < 4.78 is 19.3. The highest BCUT2D eigenvalue weighted by Crippen LogP contribution is 2.33. The molecular weight excluding hydrogens is 419 g/mol. The van der Waals surface area contributed by atoms with E-state index in [4.69, 9.17) is 9.40 Å². The van der Waals surface area contributed by atoms with Gasteiger partial charge in [0.25, 0.3) is 5.91 Å². The Hall–Kier alpha value is -3.28. The van der Waals surface area contributed by atoms with Gasteiger partial charge in [0.05, 0.1) is 5.56 Å². The third kappa shape index (κ3) is 4.10. The minimum absolute atomic E-state index is 0.0744. The fraction of sp³-hybridized carbons (Fsp3) is 0.370. The summed E-state index contributed by atoms with van der Waals surface area (Å²) in [5.74, 6) is 0.734. The standard InChI is InChI=1S/C27H27FN2O3/c1-16-13-20(18-8-10-21(28)11-9-18)14-22(29-16)19-5-4-12-30(15-19)27(32)26-17(2)25-23(31)6-3-7-24(25)33-26/h8-11,13-14,19H,3-7,12,15H2,1-2H3/t19-/m1/s1. The van der Waals surface area contributed by atoms with Crippen LogP contribution in [0, 0.1) is 19.7 Å². The third-order valence-corrected chi connectivity index (χ3v) is 6.78. The van der Waals surface area contributed by atoms with Gasteiger partial charge in [0.1, 0.15) is 11.6 Å². The van der Waals surface area contributed by atoms with Gasteiger partial charge >= 0.3 is 0 Å². The number of nitrogens with zero attached hydrogens (tertiary/aromatic N) is 2. The molecular formula is C27H27FN2O3. The van der Waals surface area contributed by atoms with Crippen LogP contribution >= 0.6 is 0 Å². The monoisotopic (exact) mass is 446 g/mol. The Bertz CT molecular complexity index is 1230. The summed E-state index contributed by atoms with van der Waals surface area (Å²) >= 11 is 0. The number of hydrogen-bond acceptors (Lipinski definition) is 4. The number of benzene rings is 1. The number of likely N-dealkylation sites (tertiary alicyclic amines) is 1. The van der Waals surface area contributed by atoms with Crippen LogP contribution in [0.4, 0.5) is 4.39 Å². The number of aryl methyl sites for hydroxylation is 2. The molecule has 6 heteroatoms. The minimum atomic E-state index is -0.261. The van der Waals surface area contributed by atoms with Gasteiger partial charge in [-0.1, -0.05) is 12.1 Å². The maximum Gasteiger partial charge on any atom is 0.289 e. The van der Waals surface area contributed by atoms with E-state index in [-0.39, 0.29) is 23.4 Å². The van der Waals surface area contributed by atoms with E-state index in [0.717, 1.165) is 41.8 Å². The van der Waals surface area contributed by atoms with Crippen LogP contribution in [0.1, 0.15) is 75.2 Å². The van der Waals surface area contributed by atoms with Crippen molar-refractivity contribution in [3.8, 4) is 11.1 Å². The molecule has 0 saturated carbocycles. The maximum absolute atomic E-state index is 13.4. The number of carbonyl (C=O) groups is 2. The second kappa shape index (κ2) is 8.58. The van der Waals surface area contributed by atoms with Crippen molar-refractivity contribution in [3.63, 3.8) is 0 Å². The summed E-state index contributed by atoms with van der Waals surface area (Å²) in [6, 6.07) is 10.5. The molecule has 0 spiro atoms. The summed E-state index contributed by atoms with van der Waals surface area (Å²) in [5, 5.41) is 0. The topological polar surface area (TPSA) is 63.4 Å². The number of ketones is 1. The maximum atomic E-state index is 13.4. The van der Waals surface area contributed by atoms with Gasteiger partial charge in [-0.15, -0.1) is 0 Å². The number of Topliss-reactive ketones (excluding diaryl/α,β-unsaturated/α-hetero) is 1. The number of amides is 1. The summed E-state index contributed by atoms with van der Waals surface area (Å²) in [6.07, 6.45) is 3.80. The molecule has 0 unspecified atom stereocenters. The number of rotatable bonds is 3. The minimum Gasteiger partial charge on any atom is -0.455 e. The molecule has 3 heterocycles. The molecule has 2 aliphatic rings. The second-order valence-corrected chi connectivity index (χ2v) is 9.15. The number of piperidine rings is 1. The van der Waals surface area contributed by atoms with E-state index in [2.05, 4.69) is 0 Å². The lowest BCUT2D eigenvalue weighted by Crippen LogP contribution is -2.39. The first-order valence-electron chi connectivity index (χ1n) is 11.6. The number of furan rings is 1. The van der Waals surface area contributed by atoms with E-state index in [9.17, 15) is 14.0 Å². The molecule has 0 bridgehead atoms. The van der Waals surface area contributed by atoms with Crippen molar-refractivity contribution in [2.45, 2.75) is 51.9 Å². The van der Waals surface area contributed by atoms with E-state index in [1.807, 2.05) is 30.9 Å². The largest absolute Gasteiger partial charge is 0.455 e. The van der Waals surface area contributed by atoms with E-state index in [1.54, 1.807) is 12.1 Å². The quantitative estimate of drug-likeness (QED) is 0.523. The van der Waals surface area contributed by atoms with E-state index < -0.39 is 0 Å². The Morgan fingerprint density at radius 3 is 2.64 bits per heavy atom. The van der Waals surface area contributed by atoms with Crippen LogP contribution in [0.2, 0.25) is 0 Å². The lowest BCUT2D eigenvalue weighted by atomic mass is 9.91. The van der Waals surface area contributed by atoms with Crippen molar-refractivity contribution in [1.29, 1.82) is 0 Å². The average Bonchev–Trinajstić information content (AvgIpc) is 3.16. The van der Waals surface area contributed by atoms with Gasteiger partial charge in [-0.2, -0.15) is 0 Å². The Kier molecular flexibility index (Phi) is 5.60. The lowest BCUT2D eigenvalue weighted by molar-refractivity contribution is 0.0670. The molecule has 0 N–H and O–H groups in total. The van der Waals surface area contributed by atoms with E-state index >= 15 is 0 Å². The van der Waals surface area contributed by atoms with Gasteiger partial charge in [0.15, 0.2) is 11.5 Å². The molecule has 5 nitrogen and oxygen atoms in total. The number of pyridine rings is 1. The molecule has 1 aliphatic carbocycles. The van der Waals surface area contributed by atoms with Crippen LogP contribution in [0.25, 0.3) is 11.1 Å². The zero-order valence-electron chi connectivity index (χ0n) is 19.0. The predicted molar refractivity (Wildman–Crippen MR) is 123 cm³/mol.